The van der Waals surface area contributed by atoms with Crippen LogP contribution in [-0.2, 0) is 16.6 Å². The first-order valence-electron chi connectivity index (χ1n) is 6.21. The Balaban J connectivity index is 2.18. The van der Waals surface area contributed by atoms with Crippen LogP contribution in [0, 0.1) is 0 Å². The number of aryl methyl sites for hydroxylation is 1. The topological polar surface area (TPSA) is 60.3 Å². The Labute approximate surface area is 117 Å². The van der Waals surface area contributed by atoms with E-state index in [0.29, 0.717) is 23.7 Å². The molecule has 106 valence electrons. The highest BCUT2D eigenvalue weighted by atomic mass is 35.5. The zero-order valence-electron chi connectivity index (χ0n) is 11.2. The molecule has 0 bridgehead atoms. The van der Waals surface area contributed by atoms with Crippen LogP contribution in [0.1, 0.15) is 36.2 Å². The molecule has 1 amide bonds. The Morgan fingerprint density at radius 3 is 2.68 bits per heavy atom. The van der Waals surface area contributed by atoms with Crippen LogP contribution in [0.4, 0.5) is 0 Å². The van der Waals surface area contributed by atoms with Crippen LogP contribution in [0.25, 0.3) is 0 Å². The van der Waals surface area contributed by atoms with Crippen molar-refractivity contribution >= 4 is 23.5 Å². The van der Waals surface area contributed by atoms with Gasteiger partial charge in [-0.1, -0.05) is 18.0 Å². The molecule has 1 aromatic heterocycles. The quantitative estimate of drug-likeness (QED) is 0.617. The van der Waals surface area contributed by atoms with Gasteiger partial charge in [-0.05, 0) is 18.9 Å². The SMILES string of the molecule is COC(=O)CCCCCNC(=O)c1cc(Cl)cn1C. The van der Waals surface area contributed by atoms with Gasteiger partial charge < -0.3 is 14.6 Å². The molecule has 0 saturated carbocycles. The number of esters is 1. The number of methoxy groups -OCH3 is 1. The number of nitrogens with zero attached hydrogens (tertiary/aromatic N) is 1. The smallest absolute Gasteiger partial charge is 0.305 e. The van der Waals surface area contributed by atoms with E-state index in [9.17, 15) is 9.59 Å². The molecule has 1 aromatic rings. The molecule has 1 N–H and O–H groups in total. The number of unbranched alkanes of at least 4 members (excludes halogenated alkanes) is 2. The van der Waals surface area contributed by atoms with Crippen molar-refractivity contribution in [3.63, 3.8) is 0 Å². The lowest BCUT2D eigenvalue weighted by molar-refractivity contribution is -0.140. The van der Waals surface area contributed by atoms with E-state index in [4.69, 9.17) is 11.6 Å². The zero-order chi connectivity index (χ0) is 14.3. The molecule has 0 aliphatic rings. The van der Waals surface area contributed by atoms with Crippen molar-refractivity contribution < 1.29 is 14.3 Å². The van der Waals surface area contributed by atoms with E-state index >= 15 is 0 Å². The Bertz CT molecular complexity index is 443. The minimum atomic E-state index is -0.192. The largest absolute Gasteiger partial charge is 0.469 e. The van der Waals surface area contributed by atoms with Gasteiger partial charge in [0.15, 0.2) is 0 Å². The number of carbonyl (C=O) groups is 2. The molecular formula is C13H19ClN2O3. The molecule has 0 aliphatic carbocycles. The zero-order valence-corrected chi connectivity index (χ0v) is 12.0. The molecule has 0 unspecified atom stereocenters. The molecule has 0 atom stereocenters. The molecule has 5 nitrogen and oxygen atoms in total. The molecular weight excluding hydrogens is 268 g/mol. The molecule has 0 radical (unpaired) electrons. The Morgan fingerprint density at radius 1 is 1.37 bits per heavy atom. The van der Waals surface area contributed by atoms with Gasteiger partial charge in [-0.25, -0.2) is 0 Å². The lowest BCUT2D eigenvalue weighted by atomic mass is 10.2. The number of nitrogens with one attached hydrogen (secondary N) is 1. The molecule has 1 rings (SSSR count). The summed E-state index contributed by atoms with van der Waals surface area (Å²) in [5.41, 5.74) is 0.541. The predicted molar refractivity (Wildman–Crippen MR) is 73.2 cm³/mol. The van der Waals surface area contributed by atoms with E-state index < -0.39 is 0 Å². The molecule has 19 heavy (non-hydrogen) atoms. The van der Waals surface area contributed by atoms with Gasteiger partial charge in [0.05, 0.1) is 12.1 Å². The van der Waals surface area contributed by atoms with Gasteiger partial charge in [-0.15, -0.1) is 0 Å². The van der Waals surface area contributed by atoms with Crippen molar-refractivity contribution in [2.45, 2.75) is 25.7 Å². The fraction of sp³-hybridized carbons (Fsp3) is 0.538. The lowest BCUT2D eigenvalue weighted by Crippen LogP contribution is -2.26. The second-order valence-corrected chi connectivity index (χ2v) is 4.73. The van der Waals surface area contributed by atoms with Gasteiger partial charge in [0.25, 0.3) is 5.91 Å². The standard InChI is InChI=1S/C13H19ClN2O3/c1-16-9-10(14)8-11(16)13(18)15-7-5-3-4-6-12(17)19-2/h8-9H,3-7H2,1-2H3,(H,15,18). The highest BCUT2D eigenvalue weighted by Gasteiger charge is 2.10. The third-order valence-corrected chi connectivity index (χ3v) is 2.98. The van der Waals surface area contributed by atoms with E-state index in [2.05, 4.69) is 10.1 Å². The molecule has 0 aliphatic heterocycles. The Kier molecular flexibility index (Phi) is 6.42. The van der Waals surface area contributed by atoms with Gasteiger partial charge in [-0.2, -0.15) is 0 Å². The van der Waals surface area contributed by atoms with Crippen LogP contribution in [0.15, 0.2) is 12.3 Å². The van der Waals surface area contributed by atoms with Crippen molar-refractivity contribution in [3.8, 4) is 0 Å². The first-order chi connectivity index (χ1) is 9.04. The van der Waals surface area contributed by atoms with E-state index in [0.717, 1.165) is 19.3 Å². The molecule has 0 spiro atoms. The third-order valence-electron chi connectivity index (χ3n) is 2.78. The van der Waals surface area contributed by atoms with Crippen LogP contribution in [0.3, 0.4) is 0 Å². The number of halogens is 1. The first-order valence-corrected chi connectivity index (χ1v) is 6.59. The number of ether oxygens (including phenoxy) is 1. The van der Waals surface area contributed by atoms with E-state index in [1.54, 1.807) is 23.9 Å². The van der Waals surface area contributed by atoms with Crippen LogP contribution >= 0.6 is 11.6 Å². The first kappa shape index (κ1) is 15.6. The maximum atomic E-state index is 11.8. The number of carbonyl (C=O) groups excluding carboxylic acids is 2. The van der Waals surface area contributed by atoms with Crippen molar-refractivity contribution in [2.24, 2.45) is 7.05 Å². The summed E-state index contributed by atoms with van der Waals surface area (Å²) in [5.74, 6) is -0.329. The summed E-state index contributed by atoms with van der Waals surface area (Å²) in [5, 5.41) is 3.37. The van der Waals surface area contributed by atoms with Crippen LogP contribution in [-0.4, -0.2) is 30.1 Å². The highest BCUT2D eigenvalue weighted by Crippen LogP contribution is 2.12. The summed E-state index contributed by atoms with van der Waals surface area (Å²) in [6.45, 7) is 0.586. The number of hydrogen-bond donors (Lipinski definition) is 1. The van der Waals surface area contributed by atoms with E-state index in [-0.39, 0.29) is 11.9 Å². The minimum Gasteiger partial charge on any atom is -0.469 e. The maximum Gasteiger partial charge on any atom is 0.305 e. The second kappa shape index (κ2) is 7.84. The van der Waals surface area contributed by atoms with E-state index in [1.165, 1.54) is 7.11 Å². The summed E-state index contributed by atoms with van der Waals surface area (Å²) in [7, 11) is 3.16. The van der Waals surface area contributed by atoms with Crippen LogP contribution < -0.4 is 5.32 Å². The molecule has 0 saturated heterocycles. The van der Waals surface area contributed by atoms with Crippen molar-refractivity contribution in [1.29, 1.82) is 0 Å². The van der Waals surface area contributed by atoms with Crippen LogP contribution in [0.2, 0.25) is 5.02 Å². The predicted octanol–water partition coefficient (Wildman–Crippen LogP) is 2.14. The second-order valence-electron chi connectivity index (χ2n) is 4.30. The van der Waals surface area contributed by atoms with Crippen LogP contribution in [0.5, 0.6) is 0 Å². The number of amides is 1. The van der Waals surface area contributed by atoms with Gasteiger partial charge in [0, 0.05) is 26.2 Å². The molecule has 1 heterocycles. The summed E-state index contributed by atoms with van der Waals surface area (Å²) < 4.78 is 6.23. The average Bonchev–Trinajstić information content (AvgIpc) is 2.72. The maximum absolute atomic E-state index is 11.8. The summed E-state index contributed by atoms with van der Waals surface area (Å²) in [6.07, 6.45) is 4.60. The van der Waals surface area contributed by atoms with Crippen molar-refractivity contribution in [3.05, 3.63) is 23.0 Å². The third kappa shape index (κ3) is 5.34. The van der Waals surface area contributed by atoms with Gasteiger partial charge in [0.1, 0.15) is 5.69 Å². The number of rotatable bonds is 7. The average molecular weight is 287 g/mol. The monoisotopic (exact) mass is 286 g/mol. The summed E-state index contributed by atoms with van der Waals surface area (Å²) in [4.78, 5) is 22.7. The Hall–Kier alpha value is -1.49. The molecule has 0 fully saturated rings. The highest BCUT2D eigenvalue weighted by molar-refractivity contribution is 6.31. The molecule has 0 aromatic carbocycles. The van der Waals surface area contributed by atoms with Gasteiger partial charge in [-0.3, -0.25) is 9.59 Å². The summed E-state index contributed by atoms with van der Waals surface area (Å²) in [6, 6.07) is 1.63. The number of aromatic nitrogens is 1. The van der Waals surface area contributed by atoms with Gasteiger partial charge >= 0.3 is 5.97 Å². The van der Waals surface area contributed by atoms with Crippen molar-refractivity contribution in [1.82, 2.24) is 9.88 Å². The minimum absolute atomic E-state index is 0.137. The normalized spacial score (nSPS) is 10.3. The van der Waals surface area contributed by atoms with Gasteiger partial charge in [0.2, 0.25) is 0 Å². The fourth-order valence-corrected chi connectivity index (χ4v) is 1.97. The summed E-state index contributed by atoms with van der Waals surface area (Å²) >= 11 is 5.81. The Morgan fingerprint density at radius 2 is 2.11 bits per heavy atom. The molecule has 6 heteroatoms. The lowest BCUT2D eigenvalue weighted by Gasteiger charge is -2.05. The van der Waals surface area contributed by atoms with Crippen molar-refractivity contribution in [2.75, 3.05) is 13.7 Å². The fourth-order valence-electron chi connectivity index (χ4n) is 1.72. The van der Waals surface area contributed by atoms with E-state index in [1.807, 2.05) is 0 Å². The number of hydrogen-bond acceptors (Lipinski definition) is 3.